The average Bonchev–Trinajstić information content (AvgIpc) is 1.63. The van der Waals surface area contributed by atoms with Gasteiger partial charge in [0, 0.05) is 75.7 Å². The van der Waals surface area contributed by atoms with E-state index in [1.165, 1.54) is 31.4 Å². The second kappa shape index (κ2) is 31.7. The number of alkyl carbamates (subject to hydrolysis) is 1. The standard InChI is InChI=1S/C73H85N11O16/c1-12-50-64(97-40(3)77-50)56(86)38-59-79-53-33-44(67(75)90)37-58(63(53)83(59)30-18-19-31-84-62-54(34-43(66(74)89)36-57(62)94-11)80-70(84)82-69(92)65-51(13-2)78-41(4)98-65)95-32-20-29-76-68(91)42(25-27-61(88)99-72(5,6)7)35-55(85)52(81-71(93)100-73(8,9)10)26-28-60(87)96-39-49-47-23-16-14-21-45(47)46-22-15-17-24-48(46)49/h14-19,21-24,33-34,36-37,42,49,52H,12-13,20,25-32,35,38-39H2,1-11H3,(H2,74,89)(H2,75,90)(H,76,91)(H,81,93)(H,80,82,92)/b19-18+/t42-,52+/m0/s1. The molecule has 27 heteroatoms. The fourth-order valence-corrected chi connectivity index (χ4v) is 11.9. The molecule has 100 heavy (non-hydrogen) atoms. The molecule has 4 aromatic carbocycles. The number of nitrogens with two attached hydrogens (primary N) is 2. The molecule has 1 aliphatic carbocycles. The lowest BCUT2D eigenvalue weighted by Crippen LogP contribution is -2.45. The summed E-state index contributed by atoms with van der Waals surface area (Å²) < 4.78 is 44.0. The maximum absolute atomic E-state index is 14.5. The molecule has 27 nitrogen and oxygen atoms in total. The van der Waals surface area contributed by atoms with E-state index in [1.807, 2.05) is 62.4 Å². The molecule has 2 atom stereocenters. The Morgan fingerprint density at radius 2 is 1.24 bits per heavy atom. The van der Waals surface area contributed by atoms with E-state index in [2.05, 4.69) is 30.9 Å². The molecule has 8 aromatic rings. The number of rotatable bonds is 32. The van der Waals surface area contributed by atoms with Crippen molar-refractivity contribution in [1.29, 1.82) is 0 Å². The number of benzene rings is 4. The number of oxazole rings is 2. The van der Waals surface area contributed by atoms with Gasteiger partial charge in [-0.25, -0.2) is 24.7 Å². The molecule has 0 saturated heterocycles. The lowest BCUT2D eigenvalue weighted by Gasteiger charge is -2.24. The predicted octanol–water partition coefficient (Wildman–Crippen LogP) is 9.86. The van der Waals surface area contributed by atoms with Crippen LogP contribution >= 0.6 is 0 Å². The zero-order valence-electron chi connectivity index (χ0n) is 58.1. The minimum Gasteiger partial charge on any atom is -0.494 e. The van der Waals surface area contributed by atoms with Crippen LogP contribution in [-0.4, -0.2) is 126 Å². The van der Waals surface area contributed by atoms with Gasteiger partial charge in [0.05, 0.1) is 48.6 Å². The summed E-state index contributed by atoms with van der Waals surface area (Å²) >= 11 is 0. The van der Waals surface area contributed by atoms with Crippen molar-refractivity contribution in [3.63, 3.8) is 0 Å². The van der Waals surface area contributed by atoms with Crippen LogP contribution in [-0.2, 0) is 65.7 Å². The van der Waals surface area contributed by atoms with E-state index in [9.17, 15) is 43.2 Å². The molecule has 0 fully saturated rings. The van der Waals surface area contributed by atoms with Crippen LogP contribution in [0.3, 0.4) is 0 Å². The van der Waals surface area contributed by atoms with Gasteiger partial charge in [-0.3, -0.25) is 43.7 Å². The third kappa shape index (κ3) is 18.0. The number of fused-ring (bicyclic) bond motifs is 5. The van der Waals surface area contributed by atoms with Crippen LogP contribution in [0.5, 0.6) is 11.5 Å². The summed E-state index contributed by atoms with van der Waals surface area (Å²) in [6.07, 6.45) is 1.98. The number of nitrogens with one attached hydrogen (secondary N) is 3. The third-order valence-electron chi connectivity index (χ3n) is 16.4. The predicted molar refractivity (Wildman–Crippen MR) is 368 cm³/mol. The first kappa shape index (κ1) is 73.3. The van der Waals surface area contributed by atoms with E-state index in [0.29, 0.717) is 47.0 Å². The number of hydrogen-bond acceptors (Lipinski definition) is 20. The maximum Gasteiger partial charge on any atom is 0.408 e. The van der Waals surface area contributed by atoms with Crippen LogP contribution in [0, 0.1) is 19.8 Å². The number of aromatic nitrogens is 6. The Labute approximate surface area is 577 Å². The molecule has 0 radical (unpaired) electrons. The molecule has 528 valence electrons. The number of carbonyl (C=O) groups excluding carboxylic acids is 9. The van der Waals surface area contributed by atoms with E-state index in [0.717, 1.165) is 22.3 Å². The second-order valence-electron chi connectivity index (χ2n) is 26.2. The molecule has 0 bridgehead atoms. The second-order valence-corrected chi connectivity index (χ2v) is 26.2. The van der Waals surface area contributed by atoms with E-state index in [4.69, 9.17) is 49.0 Å². The van der Waals surface area contributed by atoms with Gasteiger partial charge in [0.1, 0.15) is 46.2 Å². The maximum atomic E-state index is 14.5. The fraction of sp³-hybridized carbons (Fsp3) is 0.411. The topological polar surface area (TPSA) is 376 Å². The lowest BCUT2D eigenvalue weighted by atomic mass is 9.91. The normalized spacial score (nSPS) is 12.8. The smallest absolute Gasteiger partial charge is 0.408 e. The van der Waals surface area contributed by atoms with Gasteiger partial charge < -0.3 is 63.8 Å². The zero-order valence-corrected chi connectivity index (χ0v) is 58.1. The summed E-state index contributed by atoms with van der Waals surface area (Å²) in [6.45, 7) is 17.0. The molecule has 4 heterocycles. The number of primary amides is 2. The van der Waals surface area contributed by atoms with Gasteiger partial charge in [-0.15, -0.1) is 0 Å². The minimum absolute atomic E-state index is 0.00393. The summed E-state index contributed by atoms with van der Waals surface area (Å²) in [7, 11) is 1.41. The SMILES string of the molecule is CCc1nc(C)oc1C(=O)Cc1nc2cc(C(N)=O)cc(OCCCNC(=O)[C@@H](CCC(=O)OC(C)(C)C)CC(=O)[C@@H](CCC(=O)OCC3c4ccccc4-c4ccccc43)NC(=O)OC(C)(C)C)c2n1C/C=C/Cn1c(NC(=O)c2oc(C)nc2CC)nc2cc(C(N)=O)cc(OC)c21. The van der Waals surface area contributed by atoms with Crippen LogP contribution in [0.4, 0.5) is 10.7 Å². The van der Waals surface area contributed by atoms with Crippen LogP contribution < -0.4 is 36.9 Å². The number of hydrogen-bond donors (Lipinski definition) is 5. The van der Waals surface area contributed by atoms with Crippen LogP contribution in [0.25, 0.3) is 33.2 Å². The molecule has 0 spiro atoms. The fourth-order valence-electron chi connectivity index (χ4n) is 11.9. The minimum atomic E-state index is -1.31. The van der Waals surface area contributed by atoms with Crippen molar-refractivity contribution in [2.24, 2.45) is 17.4 Å². The van der Waals surface area contributed by atoms with E-state index in [-0.39, 0.29) is 134 Å². The van der Waals surface area contributed by atoms with Crippen LogP contribution in [0.1, 0.15) is 182 Å². The van der Waals surface area contributed by atoms with E-state index >= 15 is 0 Å². The number of anilines is 1. The molecule has 1 aliphatic rings. The highest BCUT2D eigenvalue weighted by atomic mass is 16.6. The van der Waals surface area contributed by atoms with Crippen molar-refractivity contribution < 1.29 is 75.7 Å². The highest BCUT2D eigenvalue weighted by Crippen LogP contribution is 2.45. The highest BCUT2D eigenvalue weighted by Gasteiger charge is 2.34. The number of carbonyl (C=O) groups is 9. The summed E-state index contributed by atoms with van der Waals surface area (Å²) in [5.41, 5.74) is 16.2. The van der Waals surface area contributed by atoms with Crippen molar-refractivity contribution >= 4 is 81.2 Å². The van der Waals surface area contributed by atoms with Crippen molar-refractivity contribution in [2.45, 2.75) is 163 Å². The van der Waals surface area contributed by atoms with E-state index < -0.39 is 82.8 Å². The first-order valence-electron chi connectivity index (χ1n) is 33.1. The molecule has 0 saturated carbocycles. The van der Waals surface area contributed by atoms with E-state index in [1.54, 1.807) is 76.7 Å². The van der Waals surface area contributed by atoms with Gasteiger partial charge in [-0.2, -0.15) is 0 Å². The molecular weight excluding hydrogens is 1290 g/mol. The first-order chi connectivity index (χ1) is 47.5. The number of allylic oxidation sites excluding steroid dienone is 2. The number of ether oxygens (including phenoxy) is 5. The van der Waals surface area contributed by atoms with Crippen molar-refractivity contribution in [3.05, 3.63) is 148 Å². The number of Topliss-reactive ketones (excluding diaryl/α,β-unsaturated/α-hetero) is 2. The molecule has 0 aliphatic heterocycles. The van der Waals surface area contributed by atoms with Gasteiger partial charge in [0.15, 0.2) is 23.3 Å². The number of methoxy groups -OCH3 is 1. The third-order valence-corrected chi connectivity index (χ3v) is 16.4. The Balaban J connectivity index is 0.945. The first-order valence-corrected chi connectivity index (χ1v) is 33.1. The zero-order chi connectivity index (χ0) is 72.3. The lowest BCUT2D eigenvalue weighted by molar-refractivity contribution is -0.155. The van der Waals surface area contributed by atoms with Gasteiger partial charge in [0.25, 0.3) is 5.91 Å². The number of amides is 5. The Bertz CT molecular complexity index is 4420. The molecular formula is C73H85N11O16. The van der Waals surface area contributed by atoms with Crippen molar-refractivity contribution in [1.82, 2.24) is 39.7 Å². The Morgan fingerprint density at radius 1 is 0.680 bits per heavy atom. The molecule has 4 aromatic heterocycles. The summed E-state index contributed by atoms with van der Waals surface area (Å²) in [5, 5.41) is 8.31. The highest BCUT2D eigenvalue weighted by molar-refractivity contribution is 6.04. The average molecular weight is 1370 g/mol. The van der Waals surface area contributed by atoms with Gasteiger partial charge >= 0.3 is 18.0 Å². The van der Waals surface area contributed by atoms with Gasteiger partial charge in [0.2, 0.25) is 35.2 Å². The molecule has 7 N–H and O–H groups in total. The summed E-state index contributed by atoms with van der Waals surface area (Å²) in [4.78, 5) is 141. The van der Waals surface area contributed by atoms with Gasteiger partial charge in [-0.1, -0.05) is 74.5 Å². The van der Waals surface area contributed by atoms with Crippen molar-refractivity contribution in [3.8, 4) is 22.6 Å². The number of ketones is 2. The Hall–Kier alpha value is -11.0. The number of aryl methyl sites for hydroxylation is 4. The van der Waals surface area contributed by atoms with Crippen LogP contribution in [0.15, 0.2) is 93.8 Å². The quantitative estimate of drug-likeness (QED) is 0.00860. The number of imidazole rings is 2. The monoisotopic (exact) mass is 1370 g/mol. The summed E-state index contributed by atoms with van der Waals surface area (Å²) in [6, 6.07) is 20.3. The Morgan fingerprint density at radius 3 is 1.84 bits per heavy atom. The number of esters is 2. The van der Waals surface area contributed by atoms with Crippen LogP contribution in [0.2, 0.25) is 0 Å². The molecule has 5 amide bonds. The molecule has 9 rings (SSSR count). The largest absolute Gasteiger partial charge is 0.494 e. The van der Waals surface area contributed by atoms with Gasteiger partial charge in [-0.05, 0) is 120 Å². The number of nitrogens with zero attached hydrogens (tertiary/aromatic N) is 6. The molecule has 0 unspecified atom stereocenters. The summed E-state index contributed by atoms with van der Waals surface area (Å²) in [5.74, 6) is -5.05. The Kier molecular flexibility index (Phi) is 23.2. The van der Waals surface area contributed by atoms with Crippen molar-refractivity contribution in [2.75, 3.05) is 32.2 Å².